The zero-order valence-corrected chi connectivity index (χ0v) is 6.93. The molecule has 0 bridgehead atoms. The van der Waals surface area contributed by atoms with Gasteiger partial charge in [0.05, 0.1) is 17.8 Å². The molecule has 0 spiro atoms. The van der Waals surface area contributed by atoms with Gasteiger partial charge in [-0.2, -0.15) is 0 Å². The van der Waals surface area contributed by atoms with Crippen molar-refractivity contribution in [3.8, 4) is 0 Å². The van der Waals surface area contributed by atoms with E-state index in [2.05, 4.69) is 0 Å². The molecule has 0 fully saturated rings. The van der Waals surface area contributed by atoms with Crippen LogP contribution in [0.1, 0.15) is 21.7 Å². The van der Waals surface area contributed by atoms with Crippen LogP contribution in [0.3, 0.4) is 0 Å². The Labute approximate surface area is 69.1 Å². The molecular weight excluding hydrogens is 180 g/mol. The first-order valence-corrected chi connectivity index (χ1v) is 5.19. The number of rotatable bonds is 1. The van der Waals surface area contributed by atoms with Crippen molar-refractivity contribution in [1.29, 1.82) is 0 Å². The van der Waals surface area contributed by atoms with Gasteiger partial charge in [-0.3, -0.25) is 4.79 Å². The maximum absolute atomic E-state index is 11.1. The molecule has 0 saturated heterocycles. The first-order valence-electron chi connectivity index (χ1n) is 3.37. The molecule has 2 heterocycles. The largest absolute Gasteiger partial charge is 0.461 e. The molecule has 5 heteroatoms. The average molecular weight is 186 g/mol. The van der Waals surface area contributed by atoms with Gasteiger partial charge in [0.1, 0.15) is 0 Å². The number of sulfone groups is 1. The molecule has 1 aromatic heterocycles. The van der Waals surface area contributed by atoms with Crippen molar-refractivity contribution in [3.63, 3.8) is 0 Å². The lowest BCUT2D eigenvalue weighted by Gasteiger charge is -1.88. The van der Waals surface area contributed by atoms with E-state index in [4.69, 9.17) is 4.42 Å². The van der Waals surface area contributed by atoms with Crippen molar-refractivity contribution >= 4 is 16.1 Å². The minimum absolute atomic E-state index is 0.000324. The quantitative estimate of drug-likeness (QED) is 0.600. The molecule has 64 valence electrons. The van der Waals surface area contributed by atoms with Gasteiger partial charge < -0.3 is 4.42 Å². The van der Waals surface area contributed by atoms with E-state index >= 15 is 0 Å². The van der Waals surface area contributed by atoms with Crippen LogP contribution >= 0.6 is 0 Å². The molecular formula is C7H6O4S. The first-order chi connectivity index (χ1) is 5.62. The van der Waals surface area contributed by atoms with Crippen LogP contribution in [-0.4, -0.2) is 14.7 Å². The Hall–Kier alpha value is -1.10. The third-order valence-corrected chi connectivity index (χ3v) is 3.34. The third kappa shape index (κ3) is 0.972. The number of hydrogen-bond donors (Lipinski definition) is 0. The fourth-order valence-corrected chi connectivity index (χ4v) is 2.91. The van der Waals surface area contributed by atoms with E-state index in [1.54, 1.807) is 0 Å². The second-order valence-corrected chi connectivity index (χ2v) is 4.82. The number of aldehydes is 1. The van der Waals surface area contributed by atoms with Gasteiger partial charge in [0.2, 0.25) is 0 Å². The molecule has 0 saturated carbocycles. The molecule has 0 unspecified atom stereocenters. The van der Waals surface area contributed by atoms with Crippen molar-refractivity contribution in [2.45, 2.75) is 11.5 Å². The maximum atomic E-state index is 11.1. The van der Waals surface area contributed by atoms with E-state index in [-0.39, 0.29) is 17.3 Å². The second kappa shape index (κ2) is 2.20. The summed E-state index contributed by atoms with van der Waals surface area (Å²) in [4.78, 5) is 10.3. The highest BCUT2D eigenvalue weighted by atomic mass is 32.2. The van der Waals surface area contributed by atoms with Crippen LogP contribution in [0.25, 0.3) is 0 Å². The van der Waals surface area contributed by atoms with E-state index in [1.807, 2.05) is 0 Å². The molecule has 4 nitrogen and oxygen atoms in total. The summed E-state index contributed by atoms with van der Waals surface area (Å²) in [6.45, 7) is 0. The van der Waals surface area contributed by atoms with Crippen LogP contribution < -0.4 is 0 Å². The number of hydrogen-bond acceptors (Lipinski definition) is 4. The van der Waals surface area contributed by atoms with Gasteiger partial charge in [-0.1, -0.05) is 0 Å². The van der Waals surface area contributed by atoms with Gasteiger partial charge in [-0.25, -0.2) is 8.42 Å². The highest BCUT2D eigenvalue weighted by Gasteiger charge is 2.29. The van der Waals surface area contributed by atoms with Crippen LogP contribution in [0.2, 0.25) is 0 Å². The monoisotopic (exact) mass is 186 g/mol. The Morgan fingerprint density at radius 1 is 1.42 bits per heavy atom. The lowest BCUT2D eigenvalue weighted by Crippen LogP contribution is -1.97. The summed E-state index contributed by atoms with van der Waals surface area (Å²) in [7, 11) is -3.01. The summed E-state index contributed by atoms with van der Waals surface area (Å²) in [5.41, 5.74) is 1.15. The minimum atomic E-state index is -3.01. The molecule has 1 aromatic rings. The summed E-state index contributed by atoms with van der Waals surface area (Å²) < 4.78 is 27.0. The van der Waals surface area contributed by atoms with E-state index in [9.17, 15) is 13.2 Å². The summed E-state index contributed by atoms with van der Waals surface area (Å²) in [6.07, 6.45) is 1.88. The molecule has 1 aliphatic rings. The Kier molecular flexibility index (Phi) is 1.38. The predicted octanol–water partition coefficient (Wildman–Crippen LogP) is 0.521. The van der Waals surface area contributed by atoms with Crippen molar-refractivity contribution in [2.24, 2.45) is 0 Å². The fraction of sp³-hybridized carbons (Fsp3) is 0.286. The second-order valence-electron chi connectivity index (χ2n) is 2.75. The Bertz CT molecular complexity index is 426. The Morgan fingerprint density at radius 2 is 2.17 bits per heavy atom. The van der Waals surface area contributed by atoms with Gasteiger partial charge in [0.25, 0.3) is 0 Å². The van der Waals surface area contributed by atoms with Crippen molar-refractivity contribution in [2.75, 3.05) is 0 Å². The van der Waals surface area contributed by atoms with Crippen LogP contribution in [0.15, 0.2) is 10.7 Å². The standard InChI is InChI=1S/C7H6O4S/c8-1-7-6-4-12(9,10)3-5(6)2-11-7/h1-2H,3-4H2. The smallest absolute Gasteiger partial charge is 0.185 e. The highest BCUT2D eigenvalue weighted by molar-refractivity contribution is 7.90. The van der Waals surface area contributed by atoms with E-state index in [0.717, 1.165) is 0 Å². The lowest BCUT2D eigenvalue weighted by molar-refractivity contribution is 0.109. The van der Waals surface area contributed by atoms with E-state index in [0.29, 0.717) is 17.4 Å². The SMILES string of the molecule is O=Cc1occ2c1CS(=O)(=O)C2. The summed E-state index contributed by atoms with van der Waals surface area (Å²) in [5, 5.41) is 0. The number of fused-ring (bicyclic) bond motifs is 1. The van der Waals surface area contributed by atoms with Gasteiger partial charge >= 0.3 is 0 Å². The predicted molar refractivity (Wildman–Crippen MR) is 40.4 cm³/mol. The zero-order chi connectivity index (χ0) is 8.77. The summed E-state index contributed by atoms with van der Waals surface area (Å²) >= 11 is 0. The third-order valence-electron chi connectivity index (χ3n) is 1.86. The average Bonchev–Trinajstić information content (AvgIpc) is 2.42. The van der Waals surface area contributed by atoms with Gasteiger partial charge in [-0.15, -0.1) is 0 Å². The topological polar surface area (TPSA) is 64.3 Å². The molecule has 0 atom stereocenters. The fourth-order valence-electron chi connectivity index (χ4n) is 1.33. The van der Waals surface area contributed by atoms with Gasteiger partial charge in [0, 0.05) is 11.1 Å². The van der Waals surface area contributed by atoms with Crippen LogP contribution in [-0.2, 0) is 21.3 Å². The molecule has 0 aliphatic carbocycles. The summed E-state index contributed by atoms with van der Waals surface area (Å²) in [5.74, 6) is 0.0816. The molecule has 12 heavy (non-hydrogen) atoms. The molecule has 1 aliphatic heterocycles. The van der Waals surface area contributed by atoms with Crippen LogP contribution in [0.5, 0.6) is 0 Å². The van der Waals surface area contributed by atoms with Crippen molar-refractivity contribution < 1.29 is 17.6 Å². The normalized spacial score (nSPS) is 19.0. The number of furan rings is 1. The molecule has 0 radical (unpaired) electrons. The molecule has 2 rings (SSSR count). The van der Waals surface area contributed by atoms with Crippen molar-refractivity contribution in [1.82, 2.24) is 0 Å². The van der Waals surface area contributed by atoms with Gasteiger partial charge in [0.15, 0.2) is 21.9 Å². The van der Waals surface area contributed by atoms with E-state index < -0.39 is 9.84 Å². The van der Waals surface area contributed by atoms with Gasteiger partial charge in [-0.05, 0) is 0 Å². The number of carbonyl (C=O) groups is 1. The van der Waals surface area contributed by atoms with E-state index in [1.165, 1.54) is 6.26 Å². The first kappa shape index (κ1) is 7.54. The molecule has 0 aromatic carbocycles. The minimum Gasteiger partial charge on any atom is -0.461 e. The highest BCUT2D eigenvalue weighted by Crippen LogP contribution is 2.28. The summed E-state index contributed by atoms with van der Waals surface area (Å²) in [6, 6.07) is 0. The number of carbonyl (C=O) groups excluding carboxylic acids is 1. The molecule has 0 N–H and O–H groups in total. The van der Waals surface area contributed by atoms with Crippen molar-refractivity contribution in [3.05, 3.63) is 23.2 Å². The molecule has 0 amide bonds. The van der Waals surface area contributed by atoms with Crippen LogP contribution in [0.4, 0.5) is 0 Å². The lowest BCUT2D eigenvalue weighted by atomic mass is 10.2. The zero-order valence-electron chi connectivity index (χ0n) is 6.11. The Balaban J connectivity index is 2.57. The van der Waals surface area contributed by atoms with Crippen LogP contribution in [0, 0.1) is 0 Å². The Morgan fingerprint density at radius 3 is 2.83 bits per heavy atom. The maximum Gasteiger partial charge on any atom is 0.185 e.